The van der Waals surface area contributed by atoms with Crippen molar-refractivity contribution >= 4 is 11.8 Å². The first-order chi connectivity index (χ1) is 11.5. The summed E-state index contributed by atoms with van der Waals surface area (Å²) in [5.74, 6) is 3.44. The lowest BCUT2D eigenvalue weighted by molar-refractivity contribution is -0.130. The van der Waals surface area contributed by atoms with E-state index >= 15 is 0 Å². The van der Waals surface area contributed by atoms with Gasteiger partial charge in [0.15, 0.2) is 0 Å². The number of hydrogen-bond donors (Lipinski definition) is 1. The maximum absolute atomic E-state index is 12.2. The standard InChI is InChI=1S/C19H28N2O3/c1-13-11-16(13)17-8-7-15(24-17)12-21(2)18(22)9-10-20-19(23)14-5-3-4-6-14/h7-8,13-14,16H,3-6,9-12H2,1-2H3,(H,20,23)/t13-,16+/m1/s1. The minimum Gasteiger partial charge on any atom is -0.464 e. The molecule has 0 unspecified atom stereocenters. The van der Waals surface area contributed by atoms with E-state index in [1.165, 1.54) is 6.42 Å². The number of carbonyl (C=O) groups is 2. The molecule has 1 N–H and O–H groups in total. The van der Waals surface area contributed by atoms with E-state index in [-0.39, 0.29) is 17.7 Å². The van der Waals surface area contributed by atoms with Crippen molar-refractivity contribution in [1.82, 2.24) is 10.2 Å². The molecule has 0 saturated heterocycles. The second-order valence-electron chi connectivity index (χ2n) is 7.40. The van der Waals surface area contributed by atoms with Gasteiger partial charge in [0.05, 0.1) is 6.54 Å². The van der Waals surface area contributed by atoms with Crippen molar-refractivity contribution in [2.75, 3.05) is 13.6 Å². The molecule has 24 heavy (non-hydrogen) atoms. The molecule has 1 heterocycles. The minimum atomic E-state index is 0.0273. The third kappa shape index (κ3) is 4.19. The van der Waals surface area contributed by atoms with E-state index in [1.54, 1.807) is 11.9 Å². The van der Waals surface area contributed by atoms with Crippen LogP contribution in [0.4, 0.5) is 0 Å². The molecule has 1 aromatic rings. The van der Waals surface area contributed by atoms with E-state index in [2.05, 4.69) is 12.2 Å². The van der Waals surface area contributed by atoms with E-state index < -0.39 is 0 Å². The van der Waals surface area contributed by atoms with Gasteiger partial charge >= 0.3 is 0 Å². The number of amides is 2. The Morgan fingerprint density at radius 1 is 1.29 bits per heavy atom. The summed E-state index contributed by atoms with van der Waals surface area (Å²) < 4.78 is 5.85. The Balaban J connectivity index is 1.38. The Morgan fingerprint density at radius 3 is 2.67 bits per heavy atom. The average molecular weight is 332 g/mol. The number of nitrogens with one attached hydrogen (secondary N) is 1. The lowest BCUT2D eigenvalue weighted by Gasteiger charge is -2.16. The fourth-order valence-corrected chi connectivity index (χ4v) is 3.54. The molecule has 2 aliphatic rings. The molecule has 5 nitrogen and oxygen atoms in total. The van der Waals surface area contributed by atoms with Crippen molar-refractivity contribution in [3.63, 3.8) is 0 Å². The van der Waals surface area contributed by atoms with Crippen LogP contribution in [0.25, 0.3) is 0 Å². The number of carbonyl (C=O) groups excluding carboxylic acids is 2. The molecule has 2 amide bonds. The SMILES string of the molecule is C[C@@H]1C[C@@H]1c1ccc(CN(C)C(=O)CCNC(=O)C2CCCC2)o1. The van der Waals surface area contributed by atoms with Gasteiger partial charge in [-0.25, -0.2) is 0 Å². The first kappa shape index (κ1) is 17.1. The highest BCUT2D eigenvalue weighted by atomic mass is 16.3. The molecule has 132 valence electrons. The summed E-state index contributed by atoms with van der Waals surface area (Å²) in [6, 6.07) is 4.00. The quantitative estimate of drug-likeness (QED) is 0.835. The van der Waals surface area contributed by atoms with E-state index in [9.17, 15) is 9.59 Å². The fourth-order valence-electron chi connectivity index (χ4n) is 3.54. The molecule has 0 radical (unpaired) electrons. The first-order valence-corrected chi connectivity index (χ1v) is 9.15. The van der Waals surface area contributed by atoms with Crippen LogP contribution in [0.15, 0.2) is 16.5 Å². The summed E-state index contributed by atoms with van der Waals surface area (Å²) >= 11 is 0. The molecular formula is C19H28N2O3. The van der Waals surface area contributed by atoms with Crippen LogP contribution in [-0.4, -0.2) is 30.3 Å². The smallest absolute Gasteiger partial charge is 0.224 e. The van der Waals surface area contributed by atoms with Crippen molar-refractivity contribution in [2.45, 2.75) is 57.9 Å². The summed E-state index contributed by atoms with van der Waals surface area (Å²) in [5.41, 5.74) is 0. The molecule has 0 bridgehead atoms. The molecule has 5 heteroatoms. The third-order valence-electron chi connectivity index (χ3n) is 5.34. The van der Waals surface area contributed by atoms with Gasteiger partial charge in [-0.3, -0.25) is 9.59 Å². The second kappa shape index (κ2) is 7.41. The van der Waals surface area contributed by atoms with Crippen LogP contribution in [0.2, 0.25) is 0 Å². The van der Waals surface area contributed by atoms with Crippen molar-refractivity contribution in [3.8, 4) is 0 Å². The van der Waals surface area contributed by atoms with E-state index in [1.807, 2.05) is 12.1 Å². The monoisotopic (exact) mass is 332 g/mol. The lowest BCUT2D eigenvalue weighted by atomic mass is 10.1. The van der Waals surface area contributed by atoms with Gasteiger partial charge in [-0.15, -0.1) is 0 Å². The molecule has 2 aliphatic carbocycles. The highest BCUT2D eigenvalue weighted by Crippen LogP contribution is 2.47. The van der Waals surface area contributed by atoms with E-state index in [0.717, 1.165) is 37.2 Å². The molecule has 0 spiro atoms. The highest BCUT2D eigenvalue weighted by Gasteiger charge is 2.36. The molecule has 0 aliphatic heterocycles. The third-order valence-corrected chi connectivity index (χ3v) is 5.34. The summed E-state index contributed by atoms with van der Waals surface area (Å²) in [6.45, 7) is 3.13. The zero-order chi connectivity index (χ0) is 17.1. The van der Waals surface area contributed by atoms with Gasteiger partial charge in [0, 0.05) is 31.8 Å². The fraction of sp³-hybridized carbons (Fsp3) is 0.684. The molecular weight excluding hydrogens is 304 g/mol. The summed E-state index contributed by atoms with van der Waals surface area (Å²) in [4.78, 5) is 25.8. The van der Waals surface area contributed by atoms with Crippen LogP contribution < -0.4 is 5.32 Å². The van der Waals surface area contributed by atoms with Gasteiger partial charge in [-0.2, -0.15) is 0 Å². The Kier molecular flexibility index (Phi) is 5.27. The molecule has 2 atom stereocenters. The number of furan rings is 1. The van der Waals surface area contributed by atoms with Crippen LogP contribution in [0.5, 0.6) is 0 Å². The van der Waals surface area contributed by atoms with Crippen LogP contribution >= 0.6 is 0 Å². The van der Waals surface area contributed by atoms with Crippen LogP contribution in [-0.2, 0) is 16.1 Å². The zero-order valence-electron chi connectivity index (χ0n) is 14.7. The maximum atomic E-state index is 12.2. The van der Waals surface area contributed by atoms with E-state index in [4.69, 9.17) is 4.42 Å². The Hall–Kier alpha value is -1.78. The predicted octanol–water partition coefficient (Wildman–Crippen LogP) is 3.06. The molecule has 1 aromatic heterocycles. The second-order valence-corrected chi connectivity index (χ2v) is 7.40. The minimum absolute atomic E-state index is 0.0273. The van der Waals surface area contributed by atoms with Crippen LogP contribution in [0.3, 0.4) is 0 Å². The van der Waals surface area contributed by atoms with Gasteiger partial charge < -0.3 is 14.6 Å². The number of nitrogens with zero attached hydrogens (tertiary/aromatic N) is 1. The van der Waals surface area contributed by atoms with Crippen molar-refractivity contribution in [2.24, 2.45) is 11.8 Å². The van der Waals surface area contributed by atoms with Crippen molar-refractivity contribution in [1.29, 1.82) is 0 Å². The van der Waals surface area contributed by atoms with Crippen LogP contribution in [0.1, 0.15) is 62.9 Å². The summed E-state index contributed by atoms with van der Waals surface area (Å²) in [7, 11) is 1.78. The molecule has 2 saturated carbocycles. The number of hydrogen-bond acceptors (Lipinski definition) is 3. The first-order valence-electron chi connectivity index (χ1n) is 9.15. The summed E-state index contributed by atoms with van der Waals surface area (Å²) in [6.07, 6.45) is 5.79. The predicted molar refractivity (Wildman–Crippen MR) is 91.3 cm³/mol. The van der Waals surface area contributed by atoms with Crippen LogP contribution in [0, 0.1) is 11.8 Å². The normalized spacial score (nSPS) is 23.2. The largest absolute Gasteiger partial charge is 0.464 e. The number of rotatable bonds is 7. The van der Waals surface area contributed by atoms with Crippen molar-refractivity contribution in [3.05, 3.63) is 23.7 Å². The van der Waals surface area contributed by atoms with Gasteiger partial charge in [-0.05, 0) is 37.3 Å². The molecule has 3 rings (SSSR count). The topological polar surface area (TPSA) is 62.6 Å². The van der Waals surface area contributed by atoms with Crippen molar-refractivity contribution < 1.29 is 14.0 Å². The molecule has 2 fully saturated rings. The Morgan fingerprint density at radius 2 is 2.00 bits per heavy atom. The van der Waals surface area contributed by atoms with Gasteiger partial charge in [0.1, 0.15) is 11.5 Å². The lowest BCUT2D eigenvalue weighted by Crippen LogP contribution is -2.34. The van der Waals surface area contributed by atoms with Gasteiger partial charge in [0.25, 0.3) is 0 Å². The van der Waals surface area contributed by atoms with E-state index in [0.29, 0.717) is 31.3 Å². The molecule has 0 aromatic carbocycles. The van der Waals surface area contributed by atoms with Gasteiger partial charge in [0.2, 0.25) is 11.8 Å². The average Bonchev–Trinajstić information content (AvgIpc) is 3.01. The highest BCUT2D eigenvalue weighted by molar-refractivity contribution is 5.80. The summed E-state index contributed by atoms with van der Waals surface area (Å²) in [5, 5.41) is 2.90. The maximum Gasteiger partial charge on any atom is 0.224 e. The Bertz CT molecular complexity index is 589. The van der Waals surface area contributed by atoms with Gasteiger partial charge in [-0.1, -0.05) is 19.8 Å². The zero-order valence-corrected chi connectivity index (χ0v) is 14.7. The Labute approximate surface area is 143 Å².